The van der Waals surface area contributed by atoms with E-state index in [2.05, 4.69) is 16.0 Å². The van der Waals surface area contributed by atoms with Crippen molar-refractivity contribution in [1.29, 1.82) is 0 Å². The van der Waals surface area contributed by atoms with Crippen LogP contribution in [0.25, 0.3) is 0 Å². The Morgan fingerprint density at radius 3 is 2.50 bits per heavy atom. The van der Waals surface area contributed by atoms with Crippen LogP contribution >= 0.6 is 12.4 Å². The van der Waals surface area contributed by atoms with Crippen LogP contribution in [0.4, 0.5) is 0 Å². The highest BCUT2D eigenvalue weighted by atomic mass is 35.5. The van der Waals surface area contributed by atoms with Crippen LogP contribution in [0.2, 0.25) is 0 Å². The molecule has 3 N–H and O–H groups in total. The second kappa shape index (κ2) is 9.43. The number of hydrogen-bond donors (Lipinski definition) is 3. The normalized spacial score (nSPS) is 17.2. The van der Waals surface area contributed by atoms with Crippen molar-refractivity contribution in [2.24, 2.45) is 5.92 Å². The zero-order valence-corrected chi connectivity index (χ0v) is 13.7. The molecule has 1 atom stereocenters. The van der Waals surface area contributed by atoms with E-state index in [1.807, 2.05) is 19.1 Å². The van der Waals surface area contributed by atoms with E-state index in [4.69, 9.17) is 0 Å². The van der Waals surface area contributed by atoms with Gasteiger partial charge in [0.15, 0.2) is 0 Å². The third kappa shape index (κ3) is 5.66. The Labute approximate surface area is 137 Å². The van der Waals surface area contributed by atoms with Gasteiger partial charge in [0, 0.05) is 25.2 Å². The molecule has 0 spiro atoms. The lowest BCUT2D eigenvalue weighted by Crippen LogP contribution is -2.42. The molecule has 1 saturated heterocycles. The maximum Gasteiger partial charge on any atom is 0.251 e. The topological polar surface area (TPSA) is 70.2 Å². The largest absolute Gasteiger partial charge is 0.354 e. The van der Waals surface area contributed by atoms with Crippen LogP contribution in [0.3, 0.4) is 0 Å². The van der Waals surface area contributed by atoms with Crippen LogP contribution in [-0.2, 0) is 4.79 Å². The van der Waals surface area contributed by atoms with Gasteiger partial charge in [0.1, 0.15) is 0 Å². The zero-order chi connectivity index (χ0) is 15.1. The van der Waals surface area contributed by atoms with Crippen molar-refractivity contribution in [3.63, 3.8) is 0 Å². The predicted molar refractivity (Wildman–Crippen MR) is 89.4 cm³/mol. The van der Waals surface area contributed by atoms with Crippen LogP contribution in [0.15, 0.2) is 24.3 Å². The van der Waals surface area contributed by atoms with E-state index in [1.54, 1.807) is 12.1 Å². The molecule has 1 aliphatic heterocycles. The molecule has 1 fully saturated rings. The molecular formula is C16H24ClN3O2. The molecular weight excluding hydrogens is 302 g/mol. The Hall–Kier alpha value is -1.59. The third-order valence-corrected chi connectivity index (χ3v) is 3.69. The first kappa shape index (κ1) is 18.5. The summed E-state index contributed by atoms with van der Waals surface area (Å²) in [6, 6.07) is 7.42. The highest BCUT2D eigenvalue weighted by Gasteiger charge is 2.20. The van der Waals surface area contributed by atoms with Gasteiger partial charge in [-0.15, -0.1) is 12.4 Å². The van der Waals surface area contributed by atoms with Gasteiger partial charge in [0.25, 0.3) is 5.91 Å². The fourth-order valence-electron chi connectivity index (χ4n) is 2.39. The average Bonchev–Trinajstić information content (AvgIpc) is 2.52. The molecule has 1 aliphatic rings. The van der Waals surface area contributed by atoms with Crippen LogP contribution in [-0.4, -0.2) is 38.0 Å². The SMILES string of the molecule is Cc1ccc(C(=O)NCCNC(=O)C2CCCNC2)cc1.Cl. The minimum Gasteiger partial charge on any atom is -0.354 e. The number of nitrogens with one attached hydrogen (secondary N) is 3. The van der Waals surface area contributed by atoms with Gasteiger partial charge in [-0.25, -0.2) is 0 Å². The number of rotatable bonds is 5. The van der Waals surface area contributed by atoms with E-state index in [0.29, 0.717) is 18.7 Å². The van der Waals surface area contributed by atoms with Crippen molar-refractivity contribution in [3.05, 3.63) is 35.4 Å². The molecule has 1 aromatic carbocycles. The molecule has 122 valence electrons. The van der Waals surface area contributed by atoms with Gasteiger partial charge in [-0.05, 0) is 38.4 Å². The van der Waals surface area contributed by atoms with Gasteiger partial charge < -0.3 is 16.0 Å². The van der Waals surface area contributed by atoms with Gasteiger partial charge in [0.05, 0.1) is 5.92 Å². The summed E-state index contributed by atoms with van der Waals surface area (Å²) in [7, 11) is 0. The first-order valence-electron chi connectivity index (χ1n) is 7.50. The standard InChI is InChI=1S/C16H23N3O2.ClH/c1-12-4-6-13(7-5-12)15(20)18-9-10-19-16(21)14-3-2-8-17-11-14;/h4-7,14,17H,2-3,8-11H2,1H3,(H,18,20)(H,19,21);1H. The number of hydrogen-bond acceptors (Lipinski definition) is 3. The summed E-state index contributed by atoms with van der Waals surface area (Å²) < 4.78 is 0. The van der Waals surface area contributed by atoms with E-state index >= 15 is 0 Å². The fourth-order valence-corrected chi connectivity index (χ4v) is 2.39. The number of carbonyl (C=O) groups excluding carboxylic acids is 2. The van der Waals surface area contributed by atoms with Crippen molar-refractivity contribution < 1.29 is 9.59 Å². The molecule has 0 bridgehead atoms. The minimum absolute atomic E-state index is 0. The van der Waals surface area contributed by atoms with Gasteiger partial charge in [-0.1, -0.05) is 17.7 Å². The first-order chi connectivity index (χ1) is 10.2. The third-order valence-electron chi connectivity index (χ3n) is 3.69. The van der Waals surface area contributed by atoms with Gasteiger partial charge >= 0.3 is 0 Å². The van der Waals surface area contributed by atoms with Crippen LogP contribution in [0.1, 0.15) is 28.8 Å². The van der Waals surface area contributed by atoms with Crippen LogP contribution in [0, 0.1) is 12.8 Å². The molecule has 1 heterocycles. The fraction of sp³-hybridized carbons (Fsp3) is 0.500. The highest BCUT2D eigenvalue weighted by molar-refractivity contribution is 5.94. The van der Waals surface area contributed by atoms with E-state index in [1.165, 1.54) is 0 Å². The summed E-state index contributed by atoms with van der Waals surface area (Å²) in [5.41, 5.74) is 1.77. The summed E-state index contributed by atoms with van der Waals surface area (Å²) in [4.78, 5) is 23.8. The molecule has 2 rings (SSSR count). The van der Waals surface area contributed by atoms with Crippen molar-refractivity contribution in [2.75, 3.05) is 26.2 Å². The number of amides is 2. The Morgan fingerprint density at radius 2 is 1.86 bits per heavy atom. The number of aryl methyl sites for hydroxylation is 1. The Bertz CT molecular complexity index is 485. The Morgan fingerprint density at radius 1 is 1.18 bits per heavy atom. The summed E-state index contributed by atoms with van der Waals surface area (Å²) >= 11 is 0. The maximum absolute atomic E-state index is 11.9. The lowest BCUT2D eigenvalue weighted by atomic mass is 9.99. The number of carbonyl (C=O) groups is 2. The monoisotopic (exact) mass is 325 g/mol. The molecule has 0 aliphatic carbocycles. The van der Waals surface area contributed by atoms with Gasteiger partial charge in [-0.2, -0.15) is 0 Å². The molecule has 1 unspecified atom stereocenters. The Balaban J connectivity index is 0.00000242. The number of piperidine rings is 1. The van der Waals surface area contributed by atoms with Gasteiger partial charge in [-0.3, -0.25) is 9.59 Å². The summed E-state index contributed by atoms with van der Waals surface area (Å²) in [6.07, 6.45) is 1.98. The quantitative estimate of drug-likeness (QED) is 0.714. The van der Waals surface area contributed by atoms with Crippen molar-refractivity contribution in [1.82, 2.24) is 16.0 Å². The smallest absolute Gasteiger partial charge is 0.251 e. The highest BCUT2D eigenvalue weighted by Crippen LogP contribution is 2.09. The summed E-state index contributed by atoms with van der Waals surface area (Å²) in [5, 5.41) is 8.90. The second-order valence-electron chi connectivity index (χ2n) is 5.46. The second-order valence-corrected chi connectivity index (χ2v) is 5.46. The molecule has 0 aromatic heterocycles. The van der Waals surface area contributed by atoms with E-state index in [0.717, 1.165) is 31.5 Å². The maximum atomic E-state index is 11.9. The van der Waals surface area contributed by atoms with Crippen LogP contribution < -0.4 is 16.0 Å². The van der Waals surface area contributed by atoms with E-state index in [9.17, 15) is 9.59 Å². The summed E-state index contributed by atoms with van der Waals surface area (Å²) in [6.45, 7) is 4.64. The van der Waals surface area contributed by atoms with Crippen LogP contribution in [0.5, 0.6) is 0 Å². The summed E-state index contributed by atoms with van der Waals surface area (Å²) in [5.74, 6) is 0.0296. The molecule has 22 heavy (non-hydrogen) atoms. The lowest BCUT2D eigenvalue weighted by molar-refractivity contribution is -0.125. The van der Waals surface area contributed by atoms with Crippen molar-refractivity contribution >= 4 is 24.2 Å². The minimum atomic E-state index is -0.108. The Kier molecular flexibility index (Phi) is 7.91. The predicted octanol–water partition coefficient (Wildman–Crippen LogP) is 1.26. The number of halogens is 1. The van der Waals surface area contributed by atoms with E-state index in [-0.39, 0.29) is 30.1 Å². The van der Waals surface area contributed by atoms with E-state index < -0.39 is 0 Å². The number of benzene rings is 1. The first-order valence-corrected chi connectivity index (χ1v) is 7.50. The molecule has 6 heteroatoms. The van der Waals surface area contributed by atoms with Gasteiger partial charge in [0.2, 0.25) is 5.91 Å². The van der Waals surface area contributed by atoms with Crippen molar-refractivity contribution in [2.45, 2.75) is 19.8 Å². The molecule has 5 nitrogen and oxygen atoms in total. The zero-order valence-electron chi connectivity index (χ0n) is 12.9. The van der Waals surface area contributed by atoms with Crippen molar-refractivity contribution in [3.8, 4) is 0 Å². The average molecular weight is 326 g/mol. The molecule has 2 amide bonds. The lowest BCUT2D eigenvalue weighted by Gasteiger charge is -2.21. The molecule has 0 radical (unpaired) electrons. The molecule has 1 aromatic rings. The molecule has 0 saturated carbocycles.